The van der Waals surface area contributed by atoms with Crippen LogP contribution in [0.5, 0.6) is 0 Å². The zero-order valence-electron chi connectivity index (χ0n) is 12.4. The Kier molecular flexibility index (Phi) is 3.73. The number of hydrogen-bond acceptors (Lipinski definition) is 6. The highest BCUT2D eigenvalue weighted by atomic mass is 127. The highest BCUT2D eigenvalue weighted by Crippen LogP contribution is 2.25. The van der Waals surface area contributed by atoms with Gasteiger partial charge in [-0.3, -0.25) is 4.98 Å². The van der Waals surface area contributed by atoms with E-state index >= 15 is 0 Å². The summed E-state index contributed by atoms with van der Waals surface area (Å²) in [5.41, 5.74) is 8.20. The van der Waals surface area contributed by atoms with Gasteiger partial charge in [0.15, 0.2) is 5.82 Å². The van der Waals surface area contributed by atoms with Crippen molar-refractivity contribution in [2.24, 2.45) is 0 Å². The molecule has 8 heteroatoms. The molecule has 0 aliphatic carbocycles. The average molecular weight is 429 g/mol. The fraction of sp³-hybridized carbons (Fsp3) is 0. The van der Waals surface area contributed by atoms with Crippen molar-refractivity contribution in [3.63, 3.8) is 0 Å². The highest BCUT2D eigenvalue weighted by molar-refractivity contribution is 14.1. The zero-order valence-corrected chi connectivity index (χ0v) is 14.5. The summed E-state index contributed by atoms with van der Waals surface area (Å²) < 4.78 is 2.77. The molecule has 0 spiro atoms. The van der Waals surface area contributed by atoms with E-state index in [2.05, 4.69) is 48.0 Å². The quantitative estimate of drug-likeness (QED) is 0.486. The van der Waals surface area contributed by atoms with Crippen LogP contribution in [0.1, 0.15) is 0 Å². The van der Waals surface area contributed by atoms with E-state index in [1.54, 1.807) is 23.0 Å². The van der Waals surface area contributed by atoms with Crippen molar-refractivity contribution in [3.05, 3.63) is 58.6 Å². The van der Waals surface area contributed by atoms with Gasteiger partial charge in [0.1, 0.15) is 17.0 Å². The van der Waals surface area contributed by atoms with E-state index in [1.807, 2.05) is 36.5 Å². The number of nitrogens with one attached hydrogen (secondary N) is 1. The molecule has 4 rings (SSSR count). The Balaban J connectivity index is 1.85. The fourth-order valence-electron chi connectivity index (χ4n) is 2.32. The predicted molar refractivity (Wildman–Crippen MR) is 101 cm³/mol. The molecule has 118 valence electrons. The van der Waals surface area contributed by atoms with Gasteiger partial charge in [-0.05, 0) is 52.9 Å². The van der Waals surface area contributed by atoms with Crippen molar-refractivity contribution in [2.75, 3.05) is 11.1 Å². The van der Waals surface area contributed by atoms with E-state index in [0.717, 1.165) is 14.8 Å². The summed E-state index contributed by atoms with van der Waals surface area (Å²) >= 11 is 2.23. The third-order valence-electron chi connectivity index (χ3n) is 3.42. The van der Waals surface area contributed by atoms with Crippen molar-refractivity contribution in [2.45, 2.75) is 0 Å². The third kappa shape index (κ3) is 2.75. The van der Waals surface area contributed by atoms with Gasteiger partial charge < -0.3 is 11.1 Å². The molecule has 0 atom stereocenters. The van der Waals surface area contributed by atoms with Crippen LogP contribution in [0, 0.1) is 3.57 Å². The van der Waals surface area contributed by atoms with Crippen LogP contribution in [0.25, 0.3) is 17.0 Å². The molecule has 0 aliphatic rings. The molecule has 0 radical (unpaired) electrons. The first-order valence-electron chi connectivity index (χ1n) is 7.15. The van der Waals surface area contributed by atoms with E-state index in [9.17, 15) is 0 Å². The van der Waals surface area contributed by atoms with Gasteiger partial charge in [-0.15, -0.1) is 5.10 Å². The number of nitrogens with two attached hydrogens (primary N) is 1. The van der Waals surface area contributed by atoms with Gasteiger partial charge in [-0.25, -0.2) is 14.5 Å². The summed E-state index contributed by atoms with van der Waals surface area (Å²) in [5.74, 6) is 1.62. The molecule has 0 bridgehead atoms. The van der Waals surface area contributed by atoms with Crippen LogP contribution in [0.2, 0.25) is 0 Å². The number of anilines is 3. The van der Waals surface area contributed by atoms with Crippen molar-refractivity contribution in [1.82, 2.24) is 24.6 Å². The largest absolute Gasteiger partial charge is 0.384 e. The smallest absolute Gasteiger partial charge is 0.200 e. The zero-order chi connectivity index (χ0) is 16.5. The highest BCUT2D eigenvalue weighted by Gasteiger charge is 2.12. The standard InChI is InChI=1S/C16H12IN7/c17-10-9-19-7-6-11(10)21-16-13-4-2-8-24(13)23-15(22-16)12-3-1-5-14(18)20-12/h1-9H,(H2,18,20)(H,19,21,22,23). The van der Waals surface area contributed by atoms with Crippen LogP contribution in [0.4, 0.5) is 17.3 Å². The second-order valence-corrected chi connectivity index (χ2v) is 6.21. The van der Waals surface area contributed by atoms with Crippen LogP contribution < -0.4 is 11.1 Å². The number of hydrogen-bond donors (Lipinski definition) is 2. The maximum atomic E-state index is 5.77. The molecular weight excluding hydrogens is 417 g/mol. The lowest BCUT2D eigenvalue weighted by molar-refractivity contribution is 0.910. The maximum Gasteiger partial charge on any atom is 0.200 e. The second kappa shape index (κ2) is 6.04. The molecule has 0 fully saturated rings. The first-order chi connectivity index (χ1) is 11.7. The first-order valence-corrected chi connectivity index (χ1v) is 8.23. The molecular formula is C16H12IN7. The van der Waals surface area contributed by atoms with Gasteiger partial charge in [0.2, 0.25) is 5.82 Å². The molecule has 0 saturated heterocycles. The van der Waals surface area contributed by atoms with Gasteiger partial charge in [0.25, 0.3) is 0 Å². The summed E-state index contributed by atoms with van der Waals surface area (Å²) in [4.78, 5) is 13.0. The average Bonchev–Trinajstić information content (AvgIpc) is 3.06. The van der Waals surface area contributed by atoms with E-state index in [-0.39, 0.29) is 0 Å². The Bertz CT molecular complexity index is 1030. The Labute approximate surface area is 151 Å². The molecule has 7 nitrogen and oxygen atoms in total. The number of aromatic nitrogens is 5. The number of fused-ring (bicyclic) bond motifs is 1. The number of rotatable bonds is 3. The number of halogens is 1. The lowest BCUT2D eigenvalue weighted by atomic mass is 10.3. The molecule has 0 unspecified atom stereocenters. The van der Waals surface area contributed by atoms with Crippen molar-refractivity contribution in [3.8, 4) is 11.5 Å². The fourth-order valence-corrected chi connectivity index (χ4v) is 2.79. The first kappa shape index (κ1) is 14.8. The van der Waals surface area contributed by atoms with E-state index in [0.29, 0.717) is 23.2 Å². The van der Waals surface area contributed by atoms with Crippen molar-refractivity contribution >= 4 is 45.4 Å². The molecule has 4 heterocycles. The van der Waals surface area contributed by atoms with E-state index in [1.165, 1.54) is 0 Å². The van der Waals surface area contributed by atoms with Crippen LogP contribution in [-0.2, 0) is 0 Å². The molecule has 3 N–H and O–H groups in total. The summed E-state index contributed by atoms with van der Waals surface area (Å²) in [6.07, 6.45) is 5.40. The molecule has 0 saturated carbocycles. The molecule has 4 aromatic heterocycles. The molecule has 0 amide bonds. The summed E-state index contributed by atoms with van der Waals surface area (Å²) in [6, 6.07) is 11.2. The second-order valence-electron chi connectivity index (χ2n) is 5.05. The Morgan fingerprint density at radius 1 is 1.08 bits per heavy atom. The van der Waals surface area contributed by atoms with Crippen LogP contribution in [-0.4, -0.2) is 24.6 Å². The SMILES string of the molecule is Nc1cccc(-c2nc(Nc3ccncc3I)c3cccn3n2)n1. The number of nitrogen functional groups attached to an aromatic ring is 1. The molecule has 24 heavy (non-hydrogen) atoms. The Morgan fingerprint density at radius 2 is 2.00 bits per heavy atom. The Hall–Kier alpha value is -2.75. The van der Waals surface area contributed by atoms with Crippen LogP contribution >= 0.6 is 22.6 Å². The van der Waals surface area contributed by atoms with Crippen LogP contribution in [0.15, 0.2) is 55.0 Å². The summed E-state index contributed by atoms with van der Waals surface area (Å²) in [5, 5.41) is 7.85. The monoisotopic (exact) mass is 429 g/mol. The van der Waals surface area contributed by atoms with Crippen LogP contribution in [0.3, 0.4) is 0 Å². The molecule has 0 aliphatic heterocycles. The molecule has 4 aromatic rings. The summed E-state index contributed by atoms with van der Waals surface area (Å²) in [7, 11) is 0. The number of pyridine rings is 2. The minimum atomic E-state index is 0.432. The van der Waals surface area contributed by atoms with Gasteiger partial charge in [-0.2, -0.15) is 0 Å². The normalized spacial score (nSPS) is 10.9. The van der Waals surface area contributed by atoms with E-state index in [4.69, 9.17) is 5.73 Å². The Morgan fingerprint density at radius 3 is 2.83 bits per heavy atom. The lowest BCUT2D eigenvalue weighted by Gasteiger charge is -2.10. The van der Waals surface area contributed by atoms with Gasteiger partial charge in [0, 0.05) is 18.6 Å². The minimum Gasteiger partial charge on any atom is -0.384 e. The number of nitrogens with zero attached hydrogens (tertiary/aromatic N) is 5. The topological polar surface area (TPSA) is 94.0 Å². The predicted octanol–water partition coefficient (Wildman–Crippen LogP) is 3.12. The summed E-state index contributed by atoms with van der Waals surface area (Å²) in [6.45, 7) is 0. The third-order valence-corrected chi connectivity index (χ3v) is 4.28. The lowest BCUT2D eigenvalue weighted by Crippen LogP contribution is -2.05. The molecule has 0 aromatic carbocycles. The maximum absolute atomic E-state index is 5.77. The van der Waals surface area contributed by atoms with Gasteiger partial charge in [0.05, 0.1) is 9.26 Å². The van der Waals surface area contributed by atoms with Crippen molar-refractivity contribution in [1.29, 1.82) is 0 Å². The van der Waals surface area contributed by atoms with Crippen molar-refractivity contribution < 1.29 is 0 Å². The minimum absolute atomic E-state index is 0.432. The van der Waals surface area contributed by atoms with Gasteiger partial charge in [-0.1, -0.05) is 6.07 Å². The van der Waals surface area contributed by atoms with E-state index < -0.39 is 0 Å². The van der Waals surface area contributed by atoms with Gasteiger partial charge >= 0.3 is 0 Å².